The molecule has 0 aliphatic heterocycles. The topological polar surface area (TPSA) is 79.8 Å². The van der Waals surface area contributed by atoms with E-state index < -0.39 is 78.0 Å². The molecule has 0 aliphatic carbocycles. The Morgan fingerprint density at radius 2 is 1.08 bits per heavy atom. The highest BCUT2D eigenvalue weighted by atomic mass is 35.5. The summed E-state index contributed by atoms with van der Waals surface area (Å²) in [6.45, 7) is -1.27. The number of benzene rings is 1. The van der Waals surface area contributed by atoms with Gasteiger partial charge in [0.15, 0.2) is 18.2 Å². The first-order valence-electron chi connectivity index (χ1n) is 12.1. The van der Waals surface area contributed by atoms with E-state index in [9.17, 15) is 88.2 Å². The normalized spacial score (nSPS) is 15.1. The molecule has 1 heterocycles. The number of halogens is 20. The van der Waals surface area contributed by atoms with E-state index in [0.717, 1.165) is 36.7 Å². The molecule has 0 aliphatic rings. The van der Waals surface area contributed by atoms with Crippen LogP contribution < -0.4 is 9.47 Å². The van der Waals surface area contributed by atoms with Crippen LogP contribution in [-0.2, 0) is 14.3 Å². The number of rotatable bonds is 15. The van der Waals surface area contributed by atoms with Crippen molar-refractivity contribution in [3.05, 3.63) is 36.7 Å². The second-order valence-electron chi connectivity index (χ2n) is 9.28. The average Bonchev–Trinajstić information content (AvgIpc) is 2.94. The lowest BCUT2D eigenvalue weighted by Crippen LogP contribution is -2.71. The maximum Gasteiger partial charge on any atom is 0.460 e. The van der Waals surface area contributed by atoms with E-state index in [4.69, 9.17) is 16.3 Å². The van der Waals surface area contributed by atoms with Gasteiger partial charge >= 0.3 is 60.3 Å². The molecule has 1 atom stereocenters. The van der Waals surface area contributed by atoms with Crippen molar-refractivity contribution in [2.45, 2.75) is 66.6 Å². The van der Waals surface area contributed by atoms with Crippen LogP contribution in [-0.4, -0.2) is 82.2 Å². The fourth-order valence-corrected chi connectivity index (χ4v) is 2.94. The lowest BCUT2D eigenvalue weighted by Gasteiger charge is -2.40. The molecule has 0 saturated carbocycles. The number of esters is 1. The number of nitrogens with zero attached hydrogens (tertiary/aromatic N) is 2. The molecule has 2 rings (SSSR count). The summed E-state index contributed by atoms with van der Waals surface area (Å²) in [6.07, 6.45) is -34.9. The molecule has 1 aromatic heterocycles. The number of hydrogen-bond acceptors (Lipinski definition) is 7. The fraction of sp³-hybridized carbons (Fsp3) is 0.522. The Morgan fingerprint density at radius 3 is 1.52 bits per heavy atom. The second-order valence-corrected chi connectivity index (χ2v) is 9.93. The summed E-state index contributed by atoms with van der Waals surface area (Å²) in [5.41, 5.74) is 0.0652. The van der Waals surface area contributed by atoms with Crippen molar-refractivity contribution in [2.24, 2.45) is 0 Å². The van der Waals surface area contributed by atoms with Crippen molar-refractivity contribution in [3.8, 4) is 22.9 Å². The Bertz CT molecular complexity index is 1490. The lowest BCUT2D eigenvalue weighted by molar-refractivity contribution is -0.544. The summed E-state index contributed by atoms with van der Waals surface area (Å²) in [5.74, 6) is -36.1. The third kappa shape index (κ3) is 8.32. The van der Waals surface area contributed by atoms with Crippen LogP contribution in [0, 0.1) is 0 Å². The van der Waals surface area contributed by atoms with Gasteiger partial charge in [-0.15, -0.1) is 11.6 Å². The van der Waals surface area contributed by atoms with Crippen LogP contribution >= 0.6 is 11.6 Å². The minimum absolute atomic E-state index is 0.0652. The quantitative estimate of drug-likeness (QED) is 0.102. The third-order valence-corrected chi connectivity index (χ3v) is 5.65. The van der Waals surface area contributed by atoms with Crippen LogP contribution in [0.1, 0.15) is 6.92 Å². The van der Waals surface area contributed by atoms with Crippen molar-refractivity contribution in [2.75, 3.05) is 6.61 Å². The van der Waals surface area contributed by atoms with Crippen molar-refractivity contribution in [1.82, 2.24) is 9.97 Å². The molecule has 2 aromatic rings. The molecule has 7 nitrogen and oxygen atoms in total. The predicted octanol–water partition coefficient (Wildman–Crippen LogP) is 8.56. The highest BCUT2D eigenvalue weighted by Crippen LogP contribution is 2.61. The molecular formula is C23H12ClF19N2O5. The highest BCUT2D eigenvalue weighted by Gasteiger charge is 2.92. The second kappa shape index (κ2) is 13.5. The number of alkyl halides is 20. The average molecular weight is 793 g/mol. The van der Waals surface area contributed by atoms with E-state index in [1.165, 1.54) is 11.7 Å². The maximum atomic E-state index is 13.9. The van der Waals surface area contributed by atoms with Crippen molar-refractivity contribution < 1.29 is 107 Å². The van der Waals surface area contributed by atoms with Gasteiger partial charge < -0.3 is 9.47 Å². The number of carbonyl (C=O) groups is 1. The molecule has 1 aromatic carbocycles. The van der Waals surface area contributed by atoms with E-state index in [1.54, 1.807) is 0 Å². The van der Waals surface area contributed by atoms with Gasteiger partial charge in [0.25, 0.3) is 0 Å². The van der Waals surface area contributed by atoms with Gasteiger partial charge in [0, 0.05) is 5.56 Å². The summed E-state index contributed by atoms with van der Waals surface area (Å²) in [4.78, 5) is 19.0. The number of aromatic nitrogens is 2. The van der Waals surface area contributed by atoms with Crippen LogP contribution in [0.2, 0.25) is 0 Å². The van der Waals surface area contributed by atoms with Gasteiger partial charge in [-0.3, -0.25) is 4.79 Å². The summed E-state index contributed by atoms with van der Waals surface area (Å²) in [7, 11) is 0. The van der Waals surface area contributed by atoms with Crippen molar-refractivity contribution in [1.29, 1.82) is 0 Å². The van der Waals surface area contributed by atoms with Crippen LogP contribution in [0.5, 0.6) is 11.5 Å². The summed E-state index contributed by atoms with van der Waals surface area (Å²) in [6, 6.07) is 3.54. The van der Waals surface area contributed by atoms with Gasteiger partial charge in [-0.25, -0.2) is 19.4 Å². The largest absolute Gasteiger partial charge is 0.484 e. The zero-order valence-electron chi connectivity index (χ0n) is 23.2. The lowest BCUT2D eigenvalue weighted by atomic mass is 9.97. The zero-order chi connectivity index (χ0) is 39.2. The predicted molar refractivity (Wildman–Crippen MR) is 122 cm³/mol. The minimum atomic E-state index is -8.73. The molecular weight excluding hydrogens is 781 g/mol. The standard InChI is InChI=1S/C23H12ClF19N2O5/c1-9(24)14(46)48-12-6-44-13(45-7-12)10-2-4-11(5-3-10)47-8-15(25,26)49-22(40,41)23(42,43)50-21(38,39)19(33,34)17(29,30)16(27,28)18(31,32)20(35,36)37/h2-7,9H,8H2,1H3/t9-/m0/s1. The molecule has 27 heteroatoms. The fourth-order valence-electron chi connectivity index (χ4n) is 2.90. The first kappa shape index (κ1) is 42.6. The first-order valence-corrected chi connectivity index (χ1v) is 12.5. The van der Waals surface area contributed by atoms with Gasteiger partial charge in [-0.1, -0.05) is 0 Å². The van der Waals surface area contributed by atoms with E-state index in [1.807, 2.05) is 0 Å². The molecule has 0 amide bonds. The number of ether oxygens (including phenoxy) is 4. The third-order valence-electron chi connectivity index (χ3n) is 5.47. The zero-order valence-corrected chi connectivity index (χ0v) is 24.0. The van der Waals surface area contributed by atoms with Crippen LogP contribution in [0.3, 0.4) is 0 Å². The smallest absolute Gasteiger partial charge is 0.460 e. The van der Waals surface area contributed by atoms with E-state index in [2.05, 4.69) is 19.4 Å². The van der Waals surface area contributed by atoms with Crippen LogP contribution in [0.4, 0.5) is 83.4 Å². The molecule has 0 fully saturated rings. The van der Waals surface area contributed by atoms with Crippen molar-refractivity contribution >= 4 is 17.6 Å². The molecule has 0 radical (unpaired) electrons. The highest BCUT2D eigenvalue weighted by molar-refractivity contribution is 6.29. The molecule has 50 heavy (non-hydrogen) atoms. The Labute approximate surface area is 268 Å². The molecule has 0 saturated heterocycles. The number of hydrogen-bond donors (Lipinski definition) is 0. The molecule has 284 valence electrons. The number of carbonyl (C=O) groups excluding carboxylic acids is 1. The molecule has 0 unspecified atom stereocenters. The monoisotopic (exact) mass is 792 g/mol. The van der Waals surface area contributed by atoms with Crippen LogP contribution in [0.15, 0.2) is 36.7 Å². The molecule has 0 spiro atoms. The Kier molecular flexibility index (Phi) is 11.5. The van der Waals surface area contributed by atoms with Gasteiger partial charge in [-0.2, -0.15) is 83.4 Å². The Balaban J connectivity index is 2.18. The summed E-state index contributed by atoms with van der Waals surface area (Å²) in [5, 5.41) is -1.04. The first-order chi connectivity index (χ1) is 22.2. The maximum absolute atomic E-state index is 13.9. The van der Waals surface area contributed by atoms with Gasteiger partial charge in [0.2, 0.25) is 0 Å². The summed E-state index contributed by atoms with van der Waals surface area (Å²) < 4.78 is 265. The Hall–Kier alpha value is -3.55. The SMILES string of the molecule is C[C@H](Cl)C(=O)Oc1cnc(-c2ccc(OCC(F)(F)OC(F)(F)C(F)(F)OC(F)(F)C(F)(F)C(F)(F)C(F)(F)C(F)(F)C(F)(F)F)cc2)nc1. The van der Waals surface area contributed by atoms with E-state index >= 15 is 0 Å². The van der Waals surface area contributed by atoms with E-state index in [0.29, 0.717) is 0 Å². The van der Waals surface area contributed by atoms with Gasteiger partial charge in [0.05, 0.1) is 12.4 Å². The molecule has 0 bridgehead atoms. The van der Waals surface area contributed by atoms with Crippen LogP contribution in [0.25, 0.3) is 11.4 Å². The summed E-state index contributed by atoms with van der Waals surface area (Å²) >= 11 is 5.51. The minimum Gasteiger partial charge on any atom is -0.484 e. The van der Waals surface area contributed by atoms with Gasteiger partial charge in [0.1, 0.15) is 11.1 Å². The van der Waals surface area contributed by atoms with Gasteiger partial charge in [-0.05, 0) is 31.2 Å². The van der Waals surface area contributed by atoms with Crippen molar-refractivity contribution in [3.63, 3.8) is 0 Å². The Morgan fingerprint density at radius 1 is 0.640 bits per heavy atom. The molecule has 0 N–H and O–H groups in total. The van der Waals surface area contributed by atoms with E-state index in [-0.39, 0.29) is 17.1 Å².